The number of carbonyl (C=O) groups is 1. The van der Waals surface area contributed by atoms with E-state index in [1.165, 1.54) is 11.3 Å². The Morgan fingerprint density at radius 1 is 1.14 bits per heavy atom. The topological polar surface area (TPSA) is 94.0 Å². The Balaban J connectivity index is 1.36. The number of amides is 1. The van der Waals surface area contributed by atoms with Gasteiger partial charge in [0.05, 0.1) is 13.7 Å². The van der Waals surface area contributed by atoms with E-state index in [1.807, 2.05) is 42.6 Å². The average molecular weight is 406 g/mol. The molecule has 4 rings (SSSR count). The standard InChI is InChI=1S/C20H18N6O2S/c1-28-16-4-2-15(3-5-16)22-20-23-17(13-29-20)19(27)24-18-8-11-26(25-18)12-14-6-9-21-10-7-14/h2-11,13H,12H2,1H3,(H,22,23)(H,24,25,27). The lowest BCUT2D eigenvalue weighted by Crippen LogP contribution is -2.13. The molecule has 0 spiro atoms. The molecular formula is C20H18N6O2S. The Morgan fingerprint density at radius 3 is 2.69 bits per heavy atom. The van der Waals surface area contributed by atoms with Gasteiger partial charge in [0.15, 0.2) is 10.9 Å². The molecule has 4 aromatic rings. The number of ether oxygens (including phenoxy) is 1. The Morgan fingerprint density at radius 2 is 1.93 bits per heavy atom. The molecule has 3 aromatic heterocycles. The highest BCUT2D eigenvalue weighted by molar-refractivity contribution is 7.14. The Kier molecular flexibility index (Phi) is 5.48. The third-order valence-electron chi connectivity index (χ3n) is 4.05. The maximum atomic E-state index is 12.5. The molecule has 9 heteroatoms. The Labute approximate surface area is 171 Å². The van der Waals surface area contributed by atoms with Crippen LogP contribution in [0.2, 0.25) is 0 Å². The van der Waals surface area contributed by atoms with Crippen LogP contribution in [0, 0.1) is 0 Å². The van der Waals surface area contributed by atoms with Gasteiger partial charge in [-0.3, -0.25) is 14.5 Å². The maximum absolute atomic E-state index is 12.5. The number of aromatic nitrogens is 4. The second kappa shape index (κ2) is 8.53. The number of nitrogens with one attached hydrogen (secondary N) is 2. The number of pyridine rings is 1. The SMILES string of the molecule is COc1ccc(Nc2nc(C(=O)Nc3ccn(Cc4ccncc4)n3)cs2)cc1. The van der Waals surface area contributed by atoms with Gasteiger partial charge in [-0.15, -0.1) is 11.3 Å². The van der Waals surface area contributed by atoms with Crippen molar-refractivity contribution in [2.75, 3.05) is 17.7 Å². The van der Waals surface area contributed by atoms with E-state index in [-0.39, 0.29) is 5.91 Å². The first-order valence-corrected chi connectivity index (χ1v) is 9.68. The highest BCUT2D eigenvalue weighted by Gasteiger charge is 2.13. The van der Waals surface area contributed by atoms with Gasteiger partial charge in [0.1, 0.15) is 11.4 Å². The van der Waals surface area contributed by atoms with E-state index in [9.17, 15) is 4.79 Å². The van der Waals surface area contributed by atoms with Crippen molar-refractivity contribution in [2.24, 2.45) is 0 Å². The zero-order valence-corrected chi connectivity index (χ0v) is 16.4. The minimum atomic E-state index is -0.307. The van der Waals surface area contributed by atoms with Crippen molar-refractivity contribution in [1.29, 1.82) is 0 Å². The summed E-state index contributed by atoms with van der Waals surface area (Å²) < 4.78 is 6.89. The van der Waals surface area contributed by atoms with Crippen LogP contribution in [0.15, 0.2) is 66.4 Å². The van der Waals surface area contributed by atoms with Gasteiger partial charge in [0, 0.05) is 35.7 Å². The summed E-state index contributed by atoms with van der Waals surface area (Å²) in [7, 11) is 1.62. The van der Waals surface area contributed by atoms with Crippen molar-refractivity contribution in [3.05, 3.63) is 77.7 Å². The fourth-order valence-corrected chi connectivity index (χ4v) is 3.32. The molecule has 0 aliphatic rings. The zero-order chi connectivity index (χ0) is 20.1. The van der Waals surface area contributed by atoms with E-state index < -0.39 is 0 Å². The molecule has 0 bridgehead atoms. The third-order valence-corrected chi connectivity index (χ3v) is 4.81. The van der Waals surface area contributed by atoms with Gasteiger partial charge in [-0.2, -0.15) is 5.10 Å². The number of thiazole rings is 1. The summed E-state index contributed by atoms with van der Waals surface area (Å²) in [6.07, 6.45) is 5.29. The van der Waals surface area contributed by atoms with Crippen molar-refractivity contribution < 1.29 is 9.53 Å². The minimum absolute atomic E-state index is 0.307. The Hall–Kier alpha value is -3.72. The summed E-state index contributed by atoms with van der Waals surface area (Å²) in [5, 5.41) is 12.7. The van der Waals surface area contributed by atoms with Crippen molar-refractivity contribution in [3.63, 3.8) is 0 Å². The number of hydrogen-bond donors (Lipinski definition) is 2. The number of benzene rings is 1. The number of anilines is 3. The van der Waals surface area contributed by atoms with E-state index in [4.69, 9.17) is 4.74 Å². The van der Waals surface area contributed by atoms with E-state index in [1.54, 1.807) is 35.6 Å². The first kappa shape index (κ1) is 18.6. The number of hydrogen-bond acceptors (Lipinski definition) is 7. The molecule has 146 valence electrons. The predicted molar refractivity (Wildman–Crippen MR) is 112 cm³/mol. The molecule has 0 fully saturated rings. The summed E-state index contributed by atoms with van der Waals surface area (Å²) in [4.78, 5) is 20.8. The molecule has 8 nitrogen and oxygen atoms in total. The third kappa shape index (κ3) is 4.77. The van der Waals surface area contributed by atoms with Gasteiger partial charge in [-0.1, -0.05) is 0 Å². The molecule has 0 saturated heterocycles. The lowest BCUT2D eigenvalue weighted by Gasteiger charge is -2.04. The summed E-state index contributed by atoms with van der Waals surface area (Å²) in [6, 6.07) is 13.1. The fraction of sp³-hybridized carbons (Fsp3) is 0.100. The number of nitrogens with zero attached hydrogens (tertiary/aromatic N) is 4. The highest BCUT2D eigenvalue weighted by Crippen LogP contribution is 2.23. The molecule has 0 radical (unpaired) electrons. The molecule has 0 aliphatic carbocycles. The van der Waals surface area contributed by atoms with Crippen molar-refractivity contribution in [3.8, 4) is 5.75 Å². The van der Waals surface area contributed by atoms with Crippen LogP contribution in [0.4, 0.5) is 16.6 Å². The molecule has 0 aliphatic heterocycles. The second-order valence-corrected chi connectivity index (χ2v) is 6.96. The predicted octanol–water partition coefficient (Wildman–Crippen LogP) is 3.79. The van der Waals surface area contributed by atoms with Crippen LogP contribution in [0.25, 0.3) is 0 Å². The molecule has 0 atom stereocenters. The fourth-order valence-electron chi connectivity index (χ4n) is 2.61. The van der Waals surface area contributed by atoms with Gasteiger partial charge >= 0.3 is 0 Å². The van der Waals surface area contributed by atoms with E-state index in [0.717, 1.165) is 17.0 Å². The molecule has 1 aromatic carbocycles. The van der Waals surface area contributed by atoms with Gasteiger partial charge in [-0.05, 0) is 42.0 Å². The minimum Gasteiger partial charge on any atom is -0.497 e. The monoisotopic (exact) mass is 406 g/mol. The van der Waals surface area contributed by atoms with E-state index >= 15 is 0 Å². The van der Waals surface area contributed by atoms with Gasteiger partial charge in [-0.25, -0.2) is 4.98 Å². The van der Waals surface area contributed by atoms with Crippen molar-refractivity contribution in [2.45, 2.75) is 6.54 Å². The lowest BCUT2D eigenvalue weighted by atomic mass is 10.3. The summed E-state index contributed by atoms with van der Waals surface area (Å²) in [5.41, 5.74) is 2.27. The van der Waals surface area contributed by atoms with Gasteiger partial charge in [0.2, 0.25) is 0 Å². The van der Waals surface area contributed by atoms with Crippen molar-refractivity contribution in [1.82, 2.24) is 19.7 Å². The number of methoxy groups -OCH3 is 1. The van der Waals surface area contributed by atoms with Crippen LogP contribution in [0.3, 0.4) is 0 Å². The summed E-state index contributed by atoms with van der Waals surface area (Å²) >= 11 is 1.35. The quantitative estimate of drug-likeness (QED) is 0.485. The zero-order valence-electron chi connectivity index (χ0n) is 15.6. The van der Waals surface area contributed by atoms with E-state index in [0.29, 0.717) is 23.2 Å². The first-order valence-electron chi connectivity index (χ1n) is 8.80. The Bertz CT molecular complexity index is 1090. The highest BCUT2D eigenvalue weighted by atomic mass is 32.1. The molecular weight excluding hydrogens is 388 g/mol. The van der Waals surface area contributed by atoms with Crippen LogP contribution in [-0.2, 0) is 6.54 Å². The smallest absolute Gasteiger partial charge is 0.276 e. The van der Waals surface area contributed by atoms with E-state index in [2.05, 4.69) is 25.7 Å². The maximum Gasteiger partial charge on any atom is 0.276 e. The van der Waals surface area contributed by atoms with Crippen LogP contribution in [0.5, 0.6) is 5.75 Å². The van der Waals surface area contributed by atoms with Gasteiger partial charge in [0.25, 0.3) is 5.91 Å². The second-order valence-electron chi connectivity index (χ2n) is 6.10. The normalized spacial score (nSPS) is 10.5. The van der Waals surface area contributed by atoms with Crippen LogP contribution < -0.4 is 15.4 Å². The van der Waals surface area contributed by atoms with Crippen LogP contribution >= 0.6 is 11.3 Å². The number of carbonyl (C=O) groups excluding carboxylic acids is 1. The van der Waals surface area contributed by atoms with Crippen LogP contribution in [0.1, 0.15) is 16.1 Å². The average Bonchev–Trinajstić information content (AvgIpc) is 3.39. The number of rotatable bonds is 7. The molecule has 0 unspecified atom stereocenters. The first-order chi connectivity index (χ1) is 14.2. The summed E-state index contributed by atoms with van der Waals surface area (Å²) in [5.74, 6) is 0.943. The summed E-state index contributed by atoms with van der Waals surface area (Å²) in [6.45, 7) is 0.602. The molecule has 29 heavy (non-hydrogen) atoms. The largest absolute Gasteiger partial charge is 0.497 e. The lowest BCUT2D eigenvalue weighted by molar-refractivity contribution is 0.102. The molecule has 2 N–H and O–H groups in total. The van der Waals surface area contributed by atoms with Gasteiger partial charge < -0.3 is 15.4 Å². The van der Waals surface area contributed by atoms with Crippen LogP contribution in [-0.4, -0.2) is 32.8 Å². The molecule has 3 heterocycles. The molecule has 1 amide bonds. The molecule has 0 saturated carbocycles. The van der Waals surface area contributed by atoms with Crippen molar-refractivity contribution >= 4 is 33.9 Å².